The van der Waals surface area contributed by atoms with E-state index in [-0.39, 0.29) is 5.82 Å². The molecule has 0 amide bonds. The number of carbonyl (C=O) groups excluding carboxylic acids is 1. The summed E-state index contributed by atoms with van der Waals surface area (Å²) >= 11 is 0. The van der Waals surface area contributed by atoms with E-state index in [4.69, 9.17) is 4.74 Å². The molecule has 3 nitrogen and oxygen atoms in total. The van der Waals surface area contributed by atoms with Crippen LogP contribution in [0, 0.1) is 5.82 Å². The molecule has 0 saturated heterocycles. The molecular formula is C13H19FNO2+. The molecule has 0 heterocycles. The molecule has 0 bridgehead atoms. The van der Waals surface area contributed by atoms with E-state index in [1.807, 2.05) is 0 Å². The lowest BCUT2D eigenvalue weighted by atomic mass is 10.2. The van der Waals surface area contributed by atoms with Crippen molar-refractivity contribution in [2.75, 3.05) is 26.2 Å². The Kier molecular flexibility index (Phi) is 5.63. The zero-order valence-corrected chi connectivity index (χ0v) is 10.3. The van der Waals surface area contributed by atoms with Gasteiger partial charge in [-0.15, -0.1) is 0 Å². The molecule has 1 N–H and O–H groups in total. The number of rotatable bonds is 6. The molecule has 0 aliphatic rings. The molecule has 94 valence electrons. The van der Waals surface area contributed by atoms with Crippen LogP contribution in [0.3, 0.4) is 0 Å². The van der Waals surface area contributed by atoms with Gasteiger partial charge in [0.1, 0.15) is 19.0 Å². The lowest BCUT2D eigenvalue weighted by Gasteiger charge is -2.14. The van der Waals surface area contributed by atoms with Crippen molar-refractivity contribution in [3.05, 3.63) is 35.6 Å². The Labute approximate surface area is 101 Å². The van der Waals surface area contributed by atoms with Gasteiger partial charge in [-0.3, -0.25) is 0 Å². The summed E-state index contributed by atoms with van der Waals surface area (Å²) in [6.45, 7) is 7.43. The largest absolute Gasteiger partial charge is 0.456 e. The Bertz CT molecular complexity index is 347. The number of esters is 1. The fourth-order valence-corrected chi connectivity index (χ4v) is 1.56. The Balaban J connectivity index is 2.37. The molecule has 0 spiro atoms. The first-order valence-electron chi connectivity index (χ1n) is 5.93. The van der Waals surface area contributed by atoms with E-state index in [9.17, 15) is 9.18 Å². The minimum atomic E-state index is -0.392. The number of quaternary nitrogens is 1. The van der Waals surface area contributed by atoms with Crippen LogP contribution in [0.25, 0.3) is 0 Å². The molecule has 0 aromatic heterocycles. The van der Waals surface area contributed by atoms with E-state index in [0.717, 1.165) is 19.6 Å². The van der Waals surface area contributed by atoms with Crippen LogP contribution in [0.1, 0.15) is 24.2 Å². The van der Waals surface area contributed by atoms with E-state index in [2.05, 4.69) is 13.8 Å². The quantitative estimate of drug-likeness (QED) is 0.749. The van der Waals surface area contributed by atoms with E-state index >= 15 is 0 Å². The topological polar surface area (TPSA) is 30.7 Å². The maximum atomic E-state index is 12.6. The standard InChI is InChI=1S/C13H18FNO2/c1-3-15(4-2)9-10-17-13(16)11-5-7-12(14)8-6-11/h5-8H,3-4,9-10H2,1-2H3/p+1. The van der Waals surface area contributed by atoms with Gasteiger partial charge in [-0.1, -0.05) is 0 Å². The first-order chi connectivity index (χ1) is 8.17. The van der Waals surface area contributed by atoms with Crippen molar-refractivity contribution < 1.29 is 18.8 Å². The zero-order valence-electron chi connectivity index (χ0n) is 10.3. The molecular weight excluding hydrogens is 221 g/mol. The number of likely N-dealkylation sites (N-methyl/N-ethyl adjacent to an activating group) is 1. The Morgan fingerprint density at radius 3 is 2.35 bits per heavy atom. The minimum Gasteiger partial charge on any atom is -0.456 e. The number of benzene rings is 1. The highest BCUT2D eigenvalue weighted by molar-refractivity contribution is 5.89. The number of carbonyl (C=O) groups is 1. The van der Waals surface area contributed by atoms with E-state index in [1.54, 1.807) is 0 Å². The highest BCUT2D eigenvalue weighted by atomic mass is 19.1. The molecule has 0 atom stereocenters. The summed E-state index contributed by atoms with van der Waals surface area (Å²) in [5.74, 6) is -0.745. The van der Waals surface area contributed by atoms with Crippen LogP contribution in [-0.4, -0.2) is 32.2 Å². The first-order valence-corrected chi connectivity index (χ1v) is 5.93. The predicted octanol–water partition coefficient (Wildman–Crippen LogP) is 0.907. The second-order valence-corrected chi connectivity index (χ2v) is 3.85. The van der Waals surface area contributed by atoms with Crippen molar-refractivity contribution in [3.63, 3.8) is 0 Å². The second-order valence-electron chi connectivity index (χ2n) is 3.85. The molecule has 1 aromatic rings. The van der Waals surface area contributed by atoms with Crippen LogP contribution in [-0.2, 0) is 4.74 Å². The monoisotopic (exact) mass is 240 g/mol. The van der Waals surface area contributed by atoms with Gasteiger partial charge in [0, 0.05) is 0 Å². The molecule has 0 radical (unpaired) electrons. The summed E-state index contributed by atoms with van der Waals surface area (Å²) in [7, 11) is 0. The summed E-state index contributed by atoms with van der Waals surface area (Å²) in [4.78, 5) is 12.9. The third-order valence-corrected chi connectivity index (χ3v) is 2.77. The normalized spacial score (nSPS) is 10.6. The highest BCUT2D eigenvalue weighted by Crippen LogP contribution is 2.03. The number of halogens is 1. The first kappa shape index (κ1) is 13.6. The Hall–Kier alpha value is -1.42. The molecule has 0 fully saturated rings. The van der Waals surface area contributed by atoms with Crippen molar-refractivity contribution in [2.45, 2.75) is 13.8 Å². The number of hydrogen-bond donors (Lipinski definition) is 1. The summed E-state index contributed by atoms with van der Waals surface area (Å²) < 4.78 is 17.8. The van der Waals surface area contributed by atoms with Crippen LogP contribution in [0.15, 0.2) is 24.3 Å². The van der Waals surface area contributed by atoms with E-state index < -0.39 is 5.97 Å². The van der Waals surface area contributed by atoms with Crippen LogP contribution >= 0.6 is 0 Å². The number of ether oxygens (including phenoxy) is 1. The Morgan fingerprint density at radius 2 is 1.82 bits per heavy atom. The van der Waals surface area contributed by atoms with Gasteiger partial charge < -0.3 is 9.64 Å². The van der Waals surface area contributed by atoms with Crippen molar-refractivity contribution in [1.29, 1.82) is 0 Å². The zero-order chi connectivity index (χ0) is 12.7. The lowest BCUT2D eigenvalue weighted by Crippen LogP contribution is -3.11. The number of nitrogens with one attached hydrogen (secondary N) is 1. The molecule has 0 unspecified atom stereocenters. The molecule has 17 heavy (non-hydrogen) atoms. The SMILES string of the molecule is CC[NH+](CC)CCOC(=O)c1ccc(F)cc1. The molecule has 1 rings (SSSR count). The molecule has 0 saturated carbocycles. The van der Waals surface area contributed by atoms with E-state index in [1.165, 1.54) is 29.2 Å². The maximum Gasteiger partial charge on any atom is 0.338 e. The van der Waals surface area contributed by atoms with Crippen molar-refractivity contribution in [2.24, 2.45) is 0 Å². The van der Waals surface area contributed by atoms with Gasteiger partial charge >= 0.3 is 5.97 Å². The van der Waals surface area contributed by atoms with Crippen LogP contribution < -0.4 is 4.90 Å². The van der Waals surface area contributed by atoms with Crippen molar-refractivity contribution in [3.8, 4) is 0 Å². The third kappa shape index (κ3) is 4.53. The smallest absolute Gasteiger partial charge is 0.338 e. The van der Waals surface area contributed by atoms with Crippen LogP contribution in [0.5, 0.6) is 0 Å². The fraction of sp³-hybridized carbons (Fsp3) is 0.462. The maximum absolute atomic E-state index is 12.6. The molecule has 4 heteroatoms. The highest BCUT2D eigenvalue weighted by Gasteiger charge is 2.08. The van der Waals surface area contributed by atoms with Gasteiger partial charge in [-0.05, 0) is 38.1 Å². The van der Waals surface area contributed by atoms with Gasteiger partial charge in [0.2, 0.25) is 0 Å². The van der Waals surface area contributed by atoms with Gasteiger partial charge in [0.15, 0.2) is 0 Å². The average Bonchev–Trinajstić information content (AvgIpc) is 2.35. The van der Waals surface area contributed by atoms with Crippen molar-refractivity contribution >= 4 is 5.97 Å². The minimum absolute atomic E-state index is 0.353. The van der Waals surface area contributed by atoms with Crippen LogP contribution in [0.2, 0.25) is 0 Å². The predicted molar refractivity (Wildman–Crippen MR) is 63.6 cm³/mol. The summed E-state index contributed by atoms with van der Waals surface area (Å²) in [6, 6.07) is 5.38. The van der Waals surface area contributed by atoms with Crippen molar-refractivity contribution in [1.82, 2.24) is 0 Å². The Morgan fingerprint density at radius 1 is 1.24 bits per heavy atom. The number of hydrogen-bond acceptors (Lipinski definition) is 2. The fourth-order valence-electron chi connectivity index (χ4n) is 1.56. The van der Waals surface area contributed by atoms with Crippen LogP contribution in [0.4, 0.5) is 4.39 Å². The third-order valence-electron chi connectivity index (χ3n) is 2.77. The van der Waals surface area contributed by atoms with Gasteiger partial charge in [0.05, 0.1) is 18.7 Å². The summed E-state index contributed by atoms with van der Waals surface area (Å²) in [6.07, 6.45) is 0. The van der Waals surface area contributed by atoms with E-state index in [0.29, 0.717) is 12.2 Å². The lowest BCUT2D eigenvalue weighted by molar-refractivity contribution is -0.896. The second kappa shape index (κ2) is 7.01. The van der Waals surface area contributed by atoms with Gasteiger partial charge in [0.25, 0.3) is 0 Å². The summed E-state index contributed by atoms with van der Waals surface area (Å²) in [5.41, 5.74) is 0.390. The van der Waals surface area contributed by atoms with Gasteiger partial charge in [-0.25, -0.2) is 9.18 Å². The van der Waals surface area contributed by atoms with Gasteiger partial charge in [-0.2, -0.15) is 0 Å². The molecule has 0 aliphatic carbocycles. The molecule has 0 aliphatic heterocycles. The summed E-state index contributed by atoms with van der Waals surface area (Å²) in [5, 5.41) is 0. The average molecular weight is 240 g/mol. The molecule has 1 aromatic carbocycles.